The van der Waals surface area contributed by atoms with Crippen LogP contribution >= 0.6 is 0 Å². The summed E-state index contributed by atoms with van der Waals surface area (Å²) in [5.74, 6) is -4.49. The van der Waals surface area contributed by atoms with Gasteiger partial charge < -0.3 is 26.0 Å². The summed E-state index contributed by atoms with van der Waals surface area (Å²) in [6, 6.07) is 11.7. The van der Waals surface area contributed by atoms with E-state index in [-0.39, 0.29) is 50.6 Å². The number of rotatable bonds is 16. The largest absolute Gasteiger partial charge is 0.481 e. The molecule has 1 aromatic heterocycles. The quantitative estimate of drug-likeness (QED) is 0.180. The monoisotopic (exact) mass is 596 g/mol. The number of fused-ring (bicyclic) bond motifs is 1. The molecule has 0 bridgehead atoms. The van der Waals surface area contributed by atoms with Gasteiger partial charge in [0.2, 0.25) is 5.91 Å². The lowest BCUT2D eigenvalue weighted by molar-refractivity contribution is -0.152. The van der Waals surface area contributed by atoms with Crippen LogP contribution in [-0.4, -0.2) is 61.7 Å². The van der Waals surface area contributed by atoms with Gasteiger partial charge in [-0.2, -0.15) is 0 Å². The van der Waals surface area contributed by atoms with Crippen LogP contribution < -0.4 is 11.1 Å². The van der Waals surface area contributed by atoms with Crippen molar-refractivity contribution in [2.24, 2.45) is 11.7 Å². The van der Waals surface area contributed by atoms with Gasteiger partial charge in [0.15, 0.2) is 0 Å². The van der Waals surface area contributed by atoms with Crippen molar-refractivity contribution in [3.63, 3.8) is 0 Å². The van der Waals surface area contributed by atoms with E-state index in [1.807, 2.05) is 0 Å². The zero-order chi connectivity index (χ0) is 31.6. The topological polar surface area (TPSA) is 182 Å². The molecule has 3 rings (SSSR count). The summed E-state index contributed by atoms with van der Waals surface area (Å²) < 4.78 is 19.9. The minimum Gasteiger partial charge on any atom is -0.481 e. The third kappa shape index (κ3) is 11.0. The number of nitrogens with zero attached hydrogens (tertiary/aromatic N) is 2. The van der Waals surface area contributed by atoms with Gasteiger partial charge in [0, 0.05) is 18.8 Å². The predicted molar refractivity (Wildman–Crippen MR) is 155 cm³/mol. The summed E-state index contributed by atoms with van der Waals surface area (Å²) in [5, 5.41) is 22.0. The Hall–Kier alpha value is -4.45. The second-order valence-electron chi connectivity index (χ2n) is 11.1. The van der Waals surface area contributed by atoms with Gasteiger partial charge in [-0.25, -0.2) is 9.37 Å². The zero-order valence-corrected chi connectivity index (χ0v) is 24.2. The average Bonchev–Trinajstić information content (AvgIpc) is 2.93. The van der Waals surface area contributed by atoms with Crippen LogP contribution in [0, 0.1) is 11.7 Å². The first-order valence-electron chi connectivity index (χ1n) is 14.0. The van der Waals surface area contributed by atoms with E-state index in [0.717, 1.165) is 0 Å². The van der Waals surface area contributed by atoms with E-state index in [0.29, 0.717) is 16.6 Å². The summed E-state index contributed by atoms with van der Waals surface area (Å²) in [6.07, 6.45) is 0.0115. The van der Waals surface area contributed by atoms with Crippen LogP contribution in [0.3, 0.4) is 0 Å². The van der Waals surface area contributed by atoms with Crippen LogP contribution in [0.15, 0.2) is 54.7 Å². The van der Waals surface area contributed by atoms with E-state index in [9.17, 15) is 28.7 Å². The highest BCUT2D eigenvalue weighted by Gasteiger charge is 2.33. The van der Waals surface area contributed by atoms with E-state index >= 15 is 0 Å². The van der Waals surface area contributed by atoms with Crippen LogP contribution in [0.4, 0.5) is 4.39 Å². The minimum atomic E-state index is -1.13. The van der Waals surface area contributed by atoms with Gasteiger partial charge in [-0.05, 0) is 75.8 Å². The number of halogens is 1. The molecule has 0 aliphatic rings. The Balaban J connectivity index is 1.96. The van der Waals surface area contributed by atoms with E-state index in [1.165, 1.54) is 24.4 Å². The Morgan fingerprint density at radius 1 is 1.07 bits per heavy atom. The van der Waals surface area contributed by atoms with Gasteiger partial charge in [-0.3, -0.25) is 24.2 Å². The summed E-state index contributed by atoms with van der Waals surface area (Å²) in [6.45, 7) is 3.17. The Kier molecular flexibility index (Phi) is 11.6. The van der Waals surface area contributed by atoms with Gasteiger partial charge in [-0.1, -0.05) is 24.3 Å². The van der Waals surface area contributed by atoms with Crippen molar-refractivity contribution < 1.29 is 38.5 Å². The Morgan fingerprint density at radius 3 is 2.44 bits per heavy atom. The number of carboxylic acid groups (broad SMARTS) is 1. The molecular formula is C31H37FN4O7. The zero-order valence-electron chi connectivity index (χ0n) is 24.2. The molecule has 230 valence electrons. The molecule has 1 heterocycles. The molecule has 0 saturated heterocycles. The van der Waals surface area contributed by atoms with Crippen molar-refractivity contribution >= 4 is 34.8 Å². The van der Waals surface area contributed by atoms with E-state index < -0.39 is 53.2 Å². The predicted octanol–water partition coefficient (Wildman–Crippen LogP) is 3.32. The highest BCUT2D eigenvalue weighted by molar-refractivity contribution is 5.94. The summed E-state index contributed by atoms with van der Waals surface area (Å²) >= 11 is 0. The lowest BCUT2D eigenvalue weighted by Crippen LogP contribution is -2.48. The Morgan fingerprint density at radius 2 is 1.79 bits per heavy atom. The molecule has 0 aliphatic heterocycles. The molecule has 0 fully saturated rings. The maximum atomic E-state index is 14.1. The molecule has 5 N–H and O–H groups in total. The molecule has 0 radical (unpaired) electrons. The number of ether oxygens (including phenoxy) is 1. The number of nitrogens with one attached hydrogen (secondary N) is 1. The normalized spacial score (nSPS) is 13.6. The number of carbonyl (C=O) groups excluding carboxylic acids is 3. The maximum absolute atomic E-state index is 14.1. The summed E-state index contributed by atoms with van der Waals surface area (Å²) in [4.78, 5) is 58.3. The summed E-state index contributed by atoms with van der Waals surface area (Å²) in [7, 11) is 0. The third-order valence-electron chi connectivity index (χ3n) is 6.87. The first-order valence-corrected chi connectivity index (χ1v) is 14.0. The van der Waals surface area contributed by atoms with Gasteiger partial charge in [-0.15, -0.1) is 0 Å². The molecule has 11 nitrogen and oxygen atoms in total. The number of carbonyl (C=O) groups is 4. The Bertz CT molecular complexity index is 1440. The average molecular weight is 597 g/mol. The number of aliphatic carboxylic acids is 1. The van der Waals surface area contributed by atoms with E-state index in [2.05, 4.69) is 15.3 Å². The maximum Gasteiger partial charge on any atom is 0.306 e. The van der Waals surface area contributed by atoms with Crippen LogP contribution in [0.1, 0.15) is 68.4 Å². The van der Waals surface area contributed by atoms with Crippen molar-refractivity contribution in [3.05, 3.63) is 71.8 Å². The third-order valence-corrected chi connectivity index (χ3v) is 6.87. The fourth-order valence-corrected chi connectivity index (χ4v) is 4.59. The van der Waals surface area contributed by atoms with Crippen molar-refractivity contribution in [2.75, 3.05) is 0 Å². The minimum absolute atomic E-state index is 0.00849. The molecule has 3 unspecified atom stereocenters. The second-order valence-corrected chi connectivity index (χ2v) is 11.1. The number of aliphatic hydroxyl groups is 1. The fraction of sp³-hybridized carbons (Fsp3) is 0.419. The van der Waals surface area contributed by atoms with Crippen molar-refractivity contribution in [1.82, 2.24) is 15.3 Å². The van der Waals surface area contributed by atoms with Crippen LogP contribution in [0.25, 0.3) is 11.0 Å². The number of hydrogen-bond donors (Lipinski definition) is 4. The van der Waals surface area contributed by atoms with E-state index in [1.54, 1.807) is 44.2 Å². The van der Waals surface area contributed by atoms with Crippen molar-refractivity contribution in [2.45, 2.75) is 76.5 Å². The van der Waals surface area contributed by atoms with E-state index in [4.69, 9.17) is 15.6 Å². The number of carboxylic acids is 1. The number of amides is 2. The molecule has 12 heteroatoms. The number of benzene rings is 2. The van der Waals surface area contributed by atoms with Gasteiger partial charge in [0.1, 0.15) is 17.6 Å². The first-order chi connectivity index (χ1) is 20.3. The van der Waals surface area contributed by atoms with Crippen LogP contribution in [-0.2, 0) is 25.5 Å². The number of esters is 1. The summed E-state index contributed by atoms with van der Waals surface area (Å²) in [5.41, 5.74) is 6.14. The smallest absolute Gasteiger partial charge is 0.306 e. The molecule has 2 aromatic carbocycles. The molecule has 3 aromatic rings. The van der Waals surface area contributed by atoms with Crippen LogP contribution in [0.5, 0.6) is 0 Å². The molecule has 43 heavy (non-hydrogen) atoms. The van der Waals surface area contributed by atoms with Crippen molar-refractivity contribution in [1.29, 1.82) is 0 Å². The molecular weight excluding hydrogens is 559 g/mol. The van der Waals surface area contributed by atoms with Crippen molar-refractivity contribution in [3.8, 4) is 0 Å². The van der Waals surface area contributed by atoms with Crippen LogP contribution in [0.2, 0.25) is 0 Å². The number of para-hydroxylation sites is 2. The standard InChI is InChI=1S/C31H37FN4O7/c1-31(2,42)14-13-20(29(33)40)17-26(43-28(39)12-6-11-27(37)38)24(16-19-7-5-8-21(32)15-19)36-30(41)25-18-34-22-9-3-4-10-23(22)35-25/h3-5,7-10,15,18,20,24,26,42H,6,11-14,16-17H2,1-2H3,(H2,33,40)(H,36,41)(H,37,38). The lowest BCUT2D eigenvalue weighted by Gasteiger charge is -2.31. The molecule has 0 saturated carbocycles. The number of hydrogen-bond acceptors (Lipinski definition) is 8. The SMILES string of the molecule is CC(C)(O)CCC(CC(OC(=O)CCCC(=O)O)C(Cc1cccc(F)c1)NC(=O)c1cnc2ccccc2n1)C(N)=O. The lowest BCUT2D eigenvalue weighted by atomic mass is 9.87. The molecule has 2 amide bonds. The number of primary amides is 1. The molecule has 3 atom stereocenters. The second kappa shape index (κ2) is 15.1. The van der Waals surface area contributed by atoms with Gasteiger partial charge in [0.05, 0.1) is 28.9 Å². The molecule has 0 aliphatic carbocycles. The molecule has 0 spiro atoms. The first kappa shape index (κ1) is 33.1. The fourth-order valence-electron chi connectivity index (χ4n) is 4.59. The highest BCUT2D eigenvalue weighted by atomic mass is 19.1. The Labute approximate surface area is 248 Å². The van der Waals surface area contributed by atoms with Gasteiger partial charge >= 0.3 is 11.9 Å². The van der Waals surface area contributed by atoms with Gasteiger partial charge in [0.25, 0.3) is 5.91 Å². The number of nitrogens with two attached hydrogens (primary N) is 1. The highest BCUT2D eigenvalue weighted by Crippen LogP contribution is 2.24. The number of aromatic nitrogens is 2.